The van der Waals surface area contributed by atoms with Crippen molar-refractivity contribution in [2.24, 2.45) is 0 Å². The zero-order chi connectivity index (χ0) is 19.4. The van der Waals surface area contributed by atoms with Crippen LogP contribution in [0.1, 0.15) is 36.9 Å². The van der Waals surface area contributed by atoms with Crippen molar-refractivity contribution in [1.82, 2.24) is 9.88 Å². The maximum Gasteiger partial charge on any atom is 0.320 e. The van der Waals surface area contributed by atoms with Crippen molar-refractivity contribution in [3.63, 3.8) is 0 Å². The van der Waals surface area contributed by atoms with Gasteiger partial charge in [0.05, 0.1) is 0 Å². The van der Waals surface area contributed by atoms with Gasteiger partial charge < -0.3 is 9.84 Å². The number of halogens is 2. The average Bonchev–Trinajstić information content (AvgIpc) is 2.67. The van der Waals surface area contributed by atoms with E-state index in [9.17, 15) is 9.18 Å². The Bertz CT molecular complexity index is 810. The highest BCUT2D eigenvalue weighted by atomic mass is 35.5. The third-order valence-electron chi connectivity index (χ3n) is 4.99. The van der Waals surface area contributed by atoms with Crippen molar-refractivity contribution in [3.05, 3.63) is 58.5 Å². The number of aliphatic carboxylic acids is 1. The molecule has 1 atom stereocenters. The van der Waals surface area contributed by atoms with Gasteiger partial charge in [-0.2, -0.15) is 0 Å². The summed E-state index contributed by atoms with van der Waals surface area (Å²) in [6.07, 6.45) is 1.69. The van der Waals surface area contributed by atoms with Crippen LogP contribution in [0, 0.1) is 5.82 Å². The highest BCUT2D eigenvalue weighted by Gasteiger charge is 2.27. The second-order valence-electron chi connectivity index (χ2n) is 6.75. The van der Waals surface area contributed by atoms with E-state index in [1.54, 1.807) is 25.1 Å². The topological polar surface area (TPSA) is 62.7 Å². The molecule has 1 fully saturated rings. The lowest BCUT2D eigenvalue weighted by Gasteiger charge is -2.34. The van der Waals surface area contributed by atoms with Crippen LogP contribution in [0.25, 0.3) is 0 Å². The number of carbonyl (C=O) groups is 1. The fourth-order valence-electron chi connectivity index (χ4n) is 3.27. The van der Waals surface area contributed by atoms with Crippen LogP contribution >= 0.6 is 11.6 Å². The van der Waals surface area contributed by atoms with Gasteiger partial charge >= 0.3 is 5.97 Å². The molecule has 1 saturated heterocycles. The number of nitrogens with zero attached hydrogens (tertiary/aromatic N) is 2. The molecule has 0 bridgehead atoms. The lowest BCUT2D eigenvalue weighted by molar-refractivity contribution is -0.143. The third kappa shape index (κ3) is 4.96. The van der Waals surface area contributed by atoms with E-state index in [2.05, 4.69) is 4.98 Å². The molecule has 1 unspecified atom stereocenters. The molecule has 7 heteroatoms. The van der Waals surface area contributed by atoms with E-state index in [0.717, 1.165) is 31.6 Å². The van der Waals surface area contributed by atoms with Crippen molar-refractivity contribution < 1.29 is 19.0 Å². The zero-order valence-electron chi connectivity index (χ0n) is 15.1. The number of hydrogen-bond donors (Lipinski definition) is 1. The van der Waals surface area contributed by atoms with Crippen molar-refractivity contribution >= 4 is 17.6 Å². The SMILES string of the molecule is CC(C(=O)O)N1CCC(c2cccc(OCc3ccc(Cl)cc3F)n2)CC1. The largest absolute Gasteiger partial charge is 0.480 e. The molecule has 1 aliphatic rings. The molecule has 3 rings (SSSR count). The molecule has 0 aliphatic carbocycles. The zero-order valence-corrected chi connectivity index (χ0v) is 15.8. The maximum atomic E-state index is 13.9. The van der Waals surface area contributed by atoms with E-state index >= 15 is 0 Å². The smallest absolute Gasteiger partial charge is 0.320 e. The Balaban J connectivity index is 1.60. The molecule has 1 N–H and O–H groups in total. The summed E-state index contributed by atoms with van der Waals surface area (Å²) in [4.78, 5) is 17.7. The summed E-state index contributed by atoms with van der Waals surface area (Å²) < 4.78 is 19.5. The minimum absolute atomic E-state index is 0.0774. The van der Waals surface area contributed by atoms with Gasteiger partial charge in [0.1, 0.15) is 18.5 Å². The lowest BCUT2D eigenvalue weighted by atomic mass is 9.92. The first-order valence-electron chi connectivity index (χ1n) is 8.94. The van der Waals surface area contributed by atoms with Gasteiger partial charge in [-0.25, -0.2) is 9.37 Å². The van der Waals surface area contributed by atoms with E-state index in [4.69, 9.17) is 21.4 Å². The normalized spacial score (nSPS) is 16.9. The summed E-state index contributed by atoms with van der Waals surface area (Å²) in [6, 6.07) is 9.59. The molecule has 0 saturated carbocycles. The number of aromatic nitrogens is 1. The summed E-state index contributed by atoms with van der Waals surface area (Å²) in [6.45, 7) is 3.24. The third-order valence-corrected chi connectivity index (χ3v) is 5.22. The quantitative estimate of drug-likeness (QED) is 0.801. The fraction of sp³-hybridized carbons (Fsp3) is 0.400. The van der Waals surface area contributed by atoms with Gasteiger partial charge in [-0.1, -0.05) is 23.7 Å². The van der Waals surface area contributed by atoms with Crippen LogP contribution in [0.3, 0.4) is 0 Å². The van der Waals surface area contributed by atoms with Gasteiger partial charge in [0.2, 0.25) is 5.88 Å². The Labute approximate surface area is 162 Å². The molecular weight excluding hydrogens is 371 g/mol. The molecule has 27 heavy (non-hydrogen) atoms. The number of carboxylic acids is 1. The van der Waals surface area contributed by atoms with Crippen molar-refractivity contribution in [3.8, 4) is 5.88 Å². The Kier molecular flexibility index (Phi) is 6.29. The van der Waals surface area contributed by atoms with Crippen LogP contribution < -0.4 is 4.74 Å². The molecule has 0 spiro atoms. The summed E-state index contributed by atoms with van der Waals surface area (Å²) in [5, 5.41) is 9.48. The number of likely N-dealkylation sites (tertiary alicyclic amines) is 1. The molecule has 1 aromatic carbocycles. The Morgan fingerprint density at radius 3 is 2.78 bits per heavy atom. The number of pyridine rings is 1. The second kappa shape index (κ2) is 8.67. The van der Waals surface area contributed by atoms with E-state index in [1.807, 2.05) is 17.0 Å². The van der Waals surface area contributed by atoms with Crippen molar-refractivity contribution in [2.45, 2.75) is 38.3 Å². The van der Waals surface area contributed by atoms with Gasteiger partial charge in [0, 0.05) is 28.3 Å². The number of rotatable bonds is 6. The van der Waals surface area contributed by atoms with Crippen molar-refractivity contribution in [1.29, 1.82) is 0 Å². The van der Waals surface area contributed by atoms with E-state index < -0.39 is 17.8 Å². The number of benzene rings is 1. The van der Waals surface area contributed by atoms with Crippen LogP contribution in [0.2, 0.25) is 5.02 Å². The summed E-state index contributed by atoms with van der Waals surface area (Å²) >= 11 is 5.76. The number of carboxylic acid groups (broad SMARTS) is 1. The average molecular weight is 393 g/mol. The van der Waals surface area contributed by atoms with Gasteiger partial charge in [0.15, 0.2) is 0 Å². The molecule has 5 nitrogen and oxygen atoms in total. The Morgan fingerprint density at radius 2 is 2.11 bits per heavy atom. The maximum absolute atomic E-state index is 13.9. The molecule has 144 valence electrons. The number of ether oxygens (including phenoxy) is 1. The number of piperidine rings is 1. The monoisotopic (exact) mass is 392 g/mol. The van der Waals surface area contributed by atoms with Gasteiger partial charge in [0.25, 0.3) is 0 Å². The minimum atomic E-state index is -0.795. The lowest BCUT2D eigenvalue weighted by Crippen LogP contribution is -2.43. The summed E-state index contributed by atoms with van der Waals surface area (Å²) in [5.74, 6) is -0.490. The van der Waals surface area contributed by atoms with Crippen LogP contribution in [0.4, 0.5) is 4.39 Å². The van der Waals surface area contributed by atoms with E-state index in [0.29, 0.717) is 16.5 Å². The van der Waals surface area contributed by atoms with Crippen LogP contribution in [-0.2, 0) is 11.4 Å². The summed E-state index contributed by atoms with van der Waals surface area (Å²) in [7, 11) is 0. The Morgan fingerprint density at radius 1 is 1.37 bits per heavy atom. The molecule has 2 aromatic rings. The Hall–Kier alpha value is -2.18. The predicted molar refractivity (Wildman–Crippen MR) is 101 cm³/mol. The molecule has 1 aromatic heterocycles. The number of hydrogen-bond acceptors (Lipinski definition) is 4. The molecular formula is C20H22ClFN2O3. The molecule has 2 heterocycles. The fourth-order valence-corrected chi connectivity index (χ4v) is 3.43. The van der Waals surface area contributed by atoms with Crippen LogP contribution in [-0.4, -0.2) is 40.1 Å². The standard InChI is InChI=1S/C20H22ClFN2O3/c1-13(20(25)26)24-9-7-14(8-10-24)18-3-2-4-19(23-18)27-12-15-5-6-16(21)11-17(15)22/h2-6,11,13-14H,7-10,12H2,1H3,(H,25,26). The molecule has 0 radical (unpaired) electrons. The highest BCUT2D eigenvalue weighted by Crippen LogP contribution is 2.29. The van der Waals surface area contributed by atoms with E-state index in [-0.39, 0.29) is 12.5 Å². The summed E-state index contributed by atoms with van der Waals surface area (Å²) in [5.41, 5.74) is 1.34. The first-order valence-corrected chi connectivity index (χ1v) is 9.32. The van der Waals surface area contributed by atoms with Crippen molar-refractivity contribution in [2.75, 3.05) is 13.1 Å². The van der Waals surface area contributed by atoms with Crippen LogP contribution in [0.5, 0.6) is 5.88 Å². The highest BCUT2D eigenvalue weighted by molar-refractivity contribution is 6.30. The first-order chi connectivity index (χ1) is 12.9. The van der Waals surface area contributed by atoms with Gasteiger partial charge in [-0.3, -0.25) is 9.69 Å². The first kappa shape index (κ1) is 19.6. The van der Waals surface area contributed by atoms with E-state index in [1.165, 1.54) is 6.07 Å². The van der Waals surface area contributed by atoms with Crippen LogP contribution in [0.15, 0.2) is 36.4 Å². The molecule has 0 amide bonds. The minimum Gasteiger partial charge on any atom is -0.480 e. The van der Waals surface area contributed by atoms with Gasteiger partial charge in [-0.15, -0.1) is 0 Å². The molecule has 1 aliphatic heterocycles. The predicted octanol–water partition coefficient (Wildman–Crippen LogP) is 4.11. The van der Waals surface area contributed by atoms with Gasteiger partial charge in [-0.05, 0) is 51.1 Å². The second-order valence-corrected chi connectivity index (χ2v) is 7.19.